The van der Waals surface area contributed by atoms with Crippen molar-refractivity contribution >= 4 is 11.8 Å². The van der Waals surface area contributed by atoms with E-state index in [1.165, 1.54) is 0 Å². The highest BCUT2D eigenvalue weighted by molar-refractivity contribution is 5.80. The zero-order valence-electron chi connectivity index (χ0n) is 9.65. The number of carbonyl (C=O) groups excluding carboxylic acids is 2. The minimum atomic E-state index is -0.0195. The van der Waals surface area contributed by atoms with Crippen molar-refractivity contribution in [2.24, 2.45) is 23.7 Å². The van der Waals surface area contributed by atoms with E-state index < -0.39 is 0 Å². The van der Waals surface area contributed by atoms with Gasteiger partial charge in [0.1, 0.15) is 11.9 Å². The van der Waals surface area contributed by atoms with Crippen LogP contribution in [0.25, 0.3) is 0 Å². The van der Waals surface area contributed by atoms with E-state index in [1.54, 1.807) is 0 Å². The first-order chi connectivity index (χ1) is 7.65. The van der Waals surface area contributed by atoms with Crippen LogP contribution < -0.4 is 0 Å². The maximum atomic E-state index is 11.7. The van der Waals surface area contributed by atoms with Crippen LogP contribution in [0.15, 0.2) is 0 Å². The molecule has 1 saturated heterocycles. The van der Waals surface area contributed by atoms with Crippen LogP contribution in [0.5, 0.6) is 0 Å². The number of rotatable bonds is 0. The molecule has 0 bridgehead atoms. The zero-order chi connectivity index (χ0) is 11.3. The molecule has 0 N–H and O–H groups in total. The molecule has 5 atom stereocenters. The minimum absolute atomic E-state index is 0.0195. The molecule has 0 aromatic heterocycles. The molecule has 2 saturated carbocycles. The van der Waals surface area contributed by atoms with Gasteiger partial charge >= 0.3 is 5.97 Å². The molecule has 0 amide bonds. The third-order valence-electron chi connectivity index (χ3n) is 4.81. The molecule has 0 radical (unpaired) electrons. The second kappa shape index (κ2) is 3.57. The van der Waals surface area contributed by atoms with E-state index >= 15 is 0 Å². The van der Waals surface area contributed by atoms with Crippen LogP contribution in [0.1, 0.15) is 39.0 Å². The van der Waals surface area contributed by atoms with E-state index in [0.717, 1.165) is 25.7 Å². The van der Waals surface area contributed by atoms with Gasteiger partial charge in [0, 0.05) is 18.8 Å². The van der Waals surface area contributed by atoms with E-state index in [-0.39, 0.29) is 18.0 Å². The fraction of sp³-hybridized carbons (Fsp3) is 0.846. The molecule has 1 heterocycles. The van der Waals surface area contributed by atoms with Gasteiger partial charge in [0.15, 0.2) is 0 Å². The summed E-state index contributed by atoms with van der Waals surface area (Å²) in [6.45, 7) is 2.01. The Balaban J connectivity index is 1.79. The molecule has 3 heteroatoms. The van der Waals surface area contributed by atoms with Crippen molar-refractivity contribution in [2.45, 2.75) is 45.1 Å². The summed E-state index contributed by atoms with van der Waals surface area (Å²) < 4.78 is 5.32. The highest BCUT2D eigenvalue weighted by Crippen LogP contribution is 2.48. The van der Waals surface area contributed by atoms with Crippen molar-refractivity contribution in [3.8, 4) is 0 Å². The lowest BCUT2D eigenvalue weighted by Crippen LogP contribution is -2.37. The van der Waals surface area contributed by atoms with Crippen molar-refractivity contribution in [1.29, 1.82) is 0 Å². The van der Waals surface area contributed by atoms with Gasteiger partial charge in [-0.2, -0.15) is 0 Å². The van der Waals surface area contributed by atoms with Crippen LogP contribution in [0.2, 0.25) is 0 Å². The lowest BCUT2D eigenvalue weighted by atomic mass is 9.63. The average molecular weight is 222 g/mol. The van der Waals surface area contributed by atoms with Crippen LogP contribution in [0.3, 0.4) is 0 Å². The molecule has 0 aromatic rings. The molecule has 3 fully saturated rings. The van der Waals surface area contributed by atoms with Gasteiger partial charge in [0.25, 0.3) is 0 Å². The summed E-state index contributed by atoms with van der Waals surface area (Å²) in [7, 11) is 0. The first-order valence-corrected chi connectivity index (χ1v) is 6.37. The van der Waals surface area contributed by atoms with Crippen molar-refractivity contribution < 1.29 is 14.3 Å². The summed E-state index contributed by atoms with van der Waals surface area (Å²) in [5, 5.41) is 0. The Morgan fingerprint density at radius 3 is 2.81 bits per heavy atom. The maximum Gasteiger partial charge on any atom is 0.309 e. The number of hydrogen-bond donors (Lipinski definition) is 0. The van der Waals surface area contributed by atoms with E-state index in [0.29, 0.717) is 30.0 Å². The molecule has 88 valence electrons. The SMILES string of the molecule is C[C@H]1OC(=O)[C@@H]2C[C@@H]3CC(=O)CCC3CC12. The van der Waals surface area contributed by atoms with Gasteiger partial charge in [-0.05, 0) is 38.0 Å². The van der Waals surface area contributed by atoms with Gasteiger partial charge < -0.3 is 4.74 Å². The Morgan fingerprint density at radius 1 is 1.19 bits per heavy atom. The molecule has 0 aromatic carbocycles. The van der Waals surface area contributed by atoms with Crippen molar-refractivity contribution in [3.63, 3.8) is 0 Å². The Bertz CT molecular complexity index is 336. The number of hydrogen-bond acceptors (Lipinski definition) is 3. The van der Waals surface area contributed by atoms with Crippen molar-refractivity contribution in [2.75, 3.05) is 0 Å². The van der Waals surface area contributed by atoms with Crippen molar-refractivity contribution in [1.82, 2.24) is 0 Å². The number of Topliss-reactive ketones (excluding diaryl/α,β-unsaturated/α-hetero) is 1. The number of carbonyl (C=O) groups is 2. The fourth-order valence-corrected chi connectivity index (χ4v) is 3.89. The molecule has 3 rings (SSSR count). The molecule has 3 nitrogen and oxygen atoms in total. The van der Waals surface area contributed by atoms with Crippen LogP contribution in [-0.4, -0.2) is 17.9 Å². The third kappa shape index (κ3) is 1.48. The Hall–Kier alpha value is -0.860. The predicted molar refractivity (Wildman–Crippen MR) is 57.6 cm³/mol. The molecule has 2 aliphatic carbocycles. The lowest BCUT2D eigenvalue weighted by molar-refractivity contribution is -0.144. The standard InChI is InChI=1S/C13H18O3/c1-7-11-5-8-2-3-10(14)4-9(8)6-12(11)13(15)16-7/h7-9,11-12H,2-6H2,1H3/t7-,8?,9+,11?,12-/m1/s1. The Labute approximate surface area is 95.5 Å². The van der Waals surface area contributed by atoms with E-state index in [1.807, 2.05) is 6.92 Å². The Kier molecular flexibility index (Phi) is 2.30. The molecule has 0 spiro atoms. The third-order valence-corrected chi connectivity index (χ3v) is 4.81. The first kappa shape index (κ1) is 10.3. The minimum Gasteiger partial charge on any atom is -0.462 e. The molecular formula is C13H18O3. The quantitative estimate of drug-likeness (QED) is 0.588. The summed E-state index contributed by atoms with van der Waals surface area (Å²) in [5.41, 5.74) is 0. The highest BCUT2D eigenvalue weighted by Gasteiger charge is 2.49. The zero-order valence-corrected chi connectivity index (χ0v) is 9.65. The summed E-state index contributed by atoms with van der Waals surface area (Å²) in [6.07, 6.45) is 4.57. The second-order valence-electron chi connectivity index (χ2n) is 5.69. The van der Waals surface area contributed by atoms with Crippen LogP contribution in [-0.2, 0) is 14.3 Å². The van der Waals surface area contributed by atoms with E-state index in [9.17, 15) is 9.59 Å². The van der Waals surface area contributed by atoms with Gasteiger partial charge in [-0.3, -0.25) is 9.59 Å². The highest BCUT2D eigenvalue weighted by atomic mass is 16.6. The summed E-state index contributed by atoms with van der Waals surface area (Å²) >= 11 is 0. The first-order valence-electron chi connectivity index (χ1n) is 6.37. The predicted octanol–water partition coefficient (Wildman–Crippen LogP) is 1.94. The van der Waals surface area contributed by atoms with Crippen LogP contribution >= 0.6 is 0 Å². The van der Waals surface area contributed by atoms with Crippen molar-refractivity contribution in [3.05, 3.63) is 0 Å². The topological polar surface area (TPSA) is 43.4 Å². The number of ketones is 1. The van der Waals surface area contributed by atoms with Gasteiger partial charge in [-0.15, -0.1) is 0 Å². The number of esters is 1. The Morgan fingerprint density at radius 2 is 2.00 bits per heavy atom. The molecule has 2 unspecified atom stereocenters. The molecule has 16 heavy (non-hydrogen) atoms. The maximum absolute atomic E-state index is 11.7. The van der Waals surface area contributed by atoms with Gasteiger partial charge in [-0.25, -0.2) is 0 Å². The van der Waals surface area contributed by atoms with Crippen LogP contribution in [0.4, 0.5) is 0 Å². The normalized spacial score (nSPS) is 47.2. The summed E-state index contributed by atoms with van der Waals surface area (Å²) in [6, 6.07) is 0. The fourth-order valence-electron chi connectivity index (χ4n) is 3.89. The van der Waals surface area contributed by atoms with E-state index in [4.69, 9.17) is 4.74 Å². The molecule has 3 aliphatic rings. The number of fused-ring (bicyclic) bond motifs is 2. The number of cyclic esters (lactones) is 1. The smallest absolute Gasteiger partial charge is 0.309 e. The molecular weight excluding hydrogens is 204 g/mol. The lowest BCUT2D eigenvalue weighted by Gasteiger charge is -2.39. The summed E-state index contributed by atoms with van der Waals surface area (Å²) in [4.78, 5) is 23.1. The van der Waals surface area contributed by atoms with Gasteiger partial charge in [-0.1, -0.05) is 0 Å². The number of ether oxygens (including phenoxy) is 1. The van der Waals surface area contributed by atoms with Crippen LogP contribution in [0, 0.1) is 23.7 Å². The van der Waals surface area contributed by atoms with Gasteiger partial charge in [0.05, 0.1) is 5.92 Å². The molecule has 1 aliphatic heterocycles. The summed E-state index contributed by atoms with van der Waals surface area (Å²) in [5.74, 6) is 1.99. The van der Waals surface area contributed by atoms with Gasteiger partial charge in [0.2, 0.25) is 0 Å². The van der Waals surface area contributed by atoms with E-state index in [2.05, 4.69) is 0 Å². The second-order valence-corrected chi connectivity index (χ2v) is 5.69. The monoisotopic (exact) mass is 222 g/mol. The largest absolute Gasteiger partial charge is 0.462 e. The average Bonchev–Trinajstić information content (AvgIpc) is 2.52.